The number of hydrogen-bond donors (Lipinski definition) is 1. The zero-order valence-electron chi connectivity index (χ0n) is 10.8. The monoisotopic (exact) mass is 344 g/mol. The van der Waals surface area contributed by atoms with E-state index in [9.17, 15) is 4.79 Å². The molecule has 0 aliphatic carbocycles. The first-order chi connectivity index (χ1) is 9.97. The van der Waals surface area contributed by atoms with Gasteiger partial charge in [0.15, 0.2) is 0 Å². The summed E-state index contributed by atoms with van der Waals surface area (Å²) in [5.41, 5.74) is 1.02. The molecule has 110 valence electrons. The Bertz CT molecular complexity index is 671. The first kappa shape index (κ1) is 16.0. The molecule has 1 N–H and O–H groups in total. The lowest BCUT2D eigenvalue weighted by Crippen LogP contribution is -2.04. The molecule has 2 aromatic carbocycles. The number of ether oxygens (including phenoxy) is 1. The summed E-state index contributed by atoms with van der Waals surface area (Å²) in [5.74, 6) is -0.695. The normalized spacial score (nSPS) is 10.4. The molecular weight excluding hydrogens is 335 g/mol. The Morgan fingerprint density at radius 3 is 2.48 bits per heavy atom. The molecule has 0 bridgehead atoms. The maximum absolute atomic E-state index is 10.9. The quantitative estimate of drug-likeness (QED) is 0.832. The predicted molar refractivity (Wildman–Crippen MR) is 84.1 cm³/mol. The average molecular weight is 346 g/mol. The zero-order chi connectivity index (χ0) is 15.4. The van der Waals surface area contributed by atoms with Gasteiger partial charge in [-0.25, -0.2) is 4.79 Å². The molecule has 0 heterocycles. The summed E-state index contributed by atoms with van der Waals surface area (Å²) in [4.78, 5) is 10.9. The Labute approximate surface area is 137 Å². The second-order valence-electron chi connectivity index (χ2n) is 4.28. The fraction of sp³-hybridized carbons (Fsp3) is 0.133. The van der Waals surface area contributed by atoms with Gasteiger partial charge in [-0.15, -0.1) is 0 Å². The first-order valence-electron chi connectivity index (χ1n) is 6.07. The second-order valence-corrected chi connectivity index (χ2v) is 5.54. The number of hydrogen-bond acceptors (Lipinski definition) is 2. The molecule has 0 amide bonds. The Balaban J connectivity index is 2.03. The third kappa shape index (κ3) is 4.27. The van der Waals surface area contributed by atoms with Gasteiger partial charge in [0.1, 0.15) is 5.75 Å². The van der Waals surface area contributed by atoms with Crippen molar-refractivity contribution in [2.24, 2.45) is 0 Å². The van der Waals surface area contributed by atoms with Crippen molar-refractivity contribution in [2.45, 2.75) is 6.42 Å². The van der Waals surface area contributed by atoms with Crippen LogP contribution in [0.2, 0.25) is 15.1 Å². The molecule has 0 fully saturated rings. The molecule has 2 aromatic rings. The van der Waals surface area contributed by atoms with Crippen LogP contribution in [0.3, 0.4) is 0 Å². The fourth-order valence-corrected chi connectivity index (χ4v) is 2.42. The van der Waals surface area contributed by atoms with Crippen LogP contribution in [0.4, 0.5) is 0 Å². The highest BCUT2D eigenvalue weighted by Crippen LogP contribution is 2.26. The van der Waals surface area contributed by atoms with E-state index in [0.29, 0.717) is 33.8 Å². The van der Waals surface area contributed by atoms with Gasteiger partial charge in [0, 0.05) is 16.5 Å². The van der Waals surface area contributed by atoms with Crippen molar-refractivity contribution in [3.8, 4) is 5.75 Å². The van der Waals surface area contributed by atoms with Gasteiger partial charge < -0.3 is 9.84 Å². The Morgan fingerprint density at radius 2 is 1.81 bits per heavy atom. The molecule has 0 aliphatic rings. The summed E-state index contributed by atoms with van der Waals surface area (Å²) in [7, 11) is 0. The van der Waals surface area contributed by atoms with E-state index in [-0.39, 0.29) is 5.56 Å². The lowest BCUT2D eigenvalue weighted by molar-refractivity contribution is 0.0696. The second kappa shape index (κ2) is 7.03. The standard InChI is InChI=1S/C15H11Cl3O3/c16-11-3-1-9(13(18)8-11)5-6-21-14-7-10(15(19)20)2-4-12(14)17/h1-4,7-8H,5-6H2,(H,19,20). The maximum atomic E-state index is 10.9. The van der Waals surface area contributed by atoms with Crippen molar-refractivity contribution >= 4 is 40.8 Å². The first-order valence-corrected chi connectivity index (χ1v) is 7.20. The highest BCUT2D eigenvalue weighted by Gasteiger charge is 2.09. The van der Waals surface area contributed by atoms with Crippen LogP contribution in [0.1, 0.15) is 15.9 Å². The van der Waals surface area contributed by atoms with Crippen LogP contribution in [-0.2, 0) is 6.42 Å². The summed E-state index contributed by atoms with van der Waals surface area (Å²) in [5, 5.41) is 10.4. The number of carbonyl (C=O) groups is 1. The molecule has 0 radical (unpaired) electrons. The Kier molecular flexibility index (Phi) is 5.34. The van der Waals surface area contributed by atoms with Crippen LogP contribution in [-0.4, -0.2) is 17.7 Å². The minimum atomic E-state index is -1.03. The van der Waals surface area contributed by atoms with Crippen LogP contribution < -0.4 is 4.74 Å². The van der Waals surface area contributed by atoms with Gasteiger partial charge in [-0.1, -0.05) is 40.9 Å². The number of carboxylic acids is 1. The van der Waals surface area contributed by atoms with Crippen LogP contribution in [0.15, 0.2) is 36.4 Å². The summed E-state index contributed by atoms with van der Waals surface area (Å²) in [6.07, 6.45) is 0.559. The van der Waals surface area contributed by atoms with Crippen molar-refractivity contribution in [1.82, 2.24) is 0 Å². The summed E-state index contributed by atoms with van der Waals surface area (Å²) in [6.45, 7) is 0.324. The molecule has 0 spiro atoms. The van der Waals surface area contributed by atoms with Crippen LogP contribution in [0.5, 0.6) is 5.75 Å². The molecule has 0 saturated carbocycles. The van der Waals surface area contributed by atoms with Gasteiger partial charge >= 0.3 is 5.97 Å². The van der Waals surface area contributed by atoms with E-state index in [1.807, 2.05) is 6.07 Å². The molecule has 0 unspecified atom stereocenters. The van der Waals surface area contributed by atoms with Gasteiger partial charge in [0.25, 0.3) is 0 Å². The molecule has 0 aromatic heterocycles. The highest BCUT2D eigenvalue weighted by molar-refractivity contribution is 6.35. The minimum Gasteiger partial charge on any atom is -0.492 e. The van der Waals surface area contributed by atoms with Gasteiger partial charge in [-0.05, 0) is 35.9 Å². The Hall–Kier alpha value is -1.42. The third-order valence-electron chi connectivity index (χ3n) is 2.82. The lowest BCUT2D eigenvalue weighted by atomic mass is 10.1. The van der Waals surface area contributed by atoms with Crippen LogP contribution in [0.25, 0.3) is 0 Å². The van der Waals surface area contributed by atoms with E-state index in [1.165, 1.54) is 18.2 Å². The van der Waals surface area contributed by atoms with E-state index in [0.717, 1.165) is 5.56 Å². The topological polar surface area (TPSA) is 46.5 Å². The molecule has 21 heavy (non-hydrogen) atoms. The molecule has 0 saturated heterocycles. The molecular formula is C15H11Cl3O3. The SMILES string of the molecule is O=C(O)c1ccc(Cl)c(OCCc2ccc(Cl)cc2Cl)c1. The number of benzene rings is 2. The Morgan fingerprint density at radius 1 is 1.05 bits per heavy atom. The average Bonchev–Trinajstić information content (AvgIpc) is 2.43. The number of aromatic carboxylic acids is 1. The summed E-state index contributed by atoms with van der Waals surface area (Å²) in [6, 6.07) is 9.55. The largest absolute Gasteiger partial charge is 0.492 e. The van der Waals surface area contributed by atoms with E-state index < -0.39 is 5.97 Å². The third-order valence-corrected chi connectivity index (χ3v) is 3.72. The van der Waals surface area contributed by atoms with E-state index in [4.69, 9.17) is 44.6 Å². The van der Waals surface area contributed by atoms with Crippen LogP contribution in [0, 0.1) is 0 Å². The summed E-state index contributed by atoms with van der Waals surface area (Å²) < 4.78 is 5.53. The van der Waals surface area contributed by atoms with E-state index in [1.54, 1.807) is 12.1 Å². The molecule has 2 rings (SSSR count). The van der Waals surface area contributed by atoms with Gasteiger partial charge in [-0.3, -0.25) is 0 Å². The van der Waals surface area contributed by atoms with Crippen molar-refractivity contribution in [1.29, 1.82) is 0 Å². The minimum absolute atomic E-state index is 0.124. The molecule has 6 heteroatoms. The van der Waals surface area contributed by atoms with Crippen LogP contribution >= 0.6 is 34.8 Å². The molecule has 3 nitrogen and oxygen atoms in total. The van der Waals surface area contributed by atoms with E-state index >= 15 is 0 Å². The number of halogens is 3. The number of carboxylic acid groups (broad SMARTS) is 1. The smallest absolute Gasteiger partial charge is 0.335 e. The van der Waals surface area contributed by atoms with Gasteiger partial charge in [0.2, 0.25) is 0 Å². The predicted octanol–water partition coefficient (Wildman–Crippen LogP) is 4.97. The van der Waals surface area contributed by atoms with Gasteiger partial charge in [0.05, 0.1) is 17.2 Å². The maximum Gasteiger partial charge on any atom is 0.335 e. The number of rotatable bonds is 5. The van der Waals surface area contributed by atoms with Crippen molar-refractivity contribution < 1.29 is 14.6 Å². The molecule has 0 aliphatic heterocycles. The zero-order valence-corrected chi connectivity index (χ0v) is 13.0. The van der Waals surface area contributed by atoms with Gasteiger partial charge in [-0.2, -0.15) is 0 Å². The highest BCUT2D eigenvalue weighted by atomic mass is 35.5. The molecule has 0 atom stereocenters. The summed E-state index contributed by atoms with van der Waals surface area (Å²) >= 11 is 17.9. The van der Waals surface area contributed by atoms with Crippen molar-refractivity contribution in [3.05, 3.63) is 62.6 Å². The fourth-order valence-electron chi connectivity index (χ4n) is 1.74. The lowest BCUT2D eigenvalue weighted by Gasteiger charge is -2.10. The van der Waals surface area contributed by atoms with Crippen molar-refractivity contribution in [3.63, 3.8) is 0 Å². The van der Waals surface area contributed by atoms with E-state index in [2.05, 4.69) is 0 Å². The van der Waals surface area contributed by atoms with Crippen molar-refractivity contribution in [2.75, 3.05) is 6.61 Å².